The van der Waals surface area contributed by atoms with Crippen LogP contribution < -0.4 is 25.2 Å². The molecule has 2 unspecified atom stereocenters. The zero-order valence-corrected chi connectivity index (χ0v) is 18.3. The molecule has 33 heavy (non-hydrogen) atoms. The van der Waals surface area contributed by atoms with Crippen LogP contribution in [-0.2, 0) is 16.0 Å². The number of benzene rings is 2. The van der Waals surface area contributed by atoms with Crippen LogP contribution in [0.15, 0.2) is 42.5 Å². The highest BCUT2D eigenvalue weighted by molar-refractivity contribution is 6.00. The number of fused-ring (bicyclic) bond motifs is 2. The SMILES string of the molecule is O=C(NNC(=O)C1CCCCC1C(=O)N1CCc2ccccc21)c1ccc2c(c1)OCCO2. The first-order valence-electron chi connectivity index (χ1n) is 11.5. The van der Waals surface area contributed by atoms with E-state index in [0.717, 1.165) is 30.5 Å². The van der Waals surface area contributed by atoms with Crippen LogP contribution in [0.5, 0.6) is 11.5 Å². The highest BCUT2D eigenvalue weighted by Gasteiger charge is 2.39. The molecule has 1 fully saturated rings. The molecule has 2 heterocycles. The lowest BCUT2D eigenvalue weighted by atomic mass is 9.78. The summed E-state index contributed by atoms with van der Waals surface area (Å²) < 4.78 is 11.0. The van der Waals surface area contributed by atoms with Gasteiger partial charge < -0.3 is 14.4 Å². The number of hydrogen-bond acceptors (Lipinski definition) is 5. The molecule has 8 nitrogen and oxygen atoms in total. The van der Waals surface area contributed by atoms with E-state index in [1.807, 2.05) is 29.2 Å². The first-order chi connectivity index (χ1) is 16.1. The molecule has 0 saturated heterocycles. The van der Waals surface area contributed by atoms with Gasteiger partial charge in [-0.15, -0.1) is 0 Å². The maximum absolute atomic E-state index is 13.4. The summed E-state index contributed by atoms with van der Waals surface area (Å²) in [6.07, 6.45) is 3.92. The lowest BCUT2D eigenvalue weighted by Crippen LogP contribution is -2.49. The lowest BCUT2D eigenvalue weighted by molar-refractivity contribution is -0.135. The van der Waals surface area contributed by atoms with E-state index >= 15 is 0 Å². The van der Waals surface area contributed by atoms with Crippen molar-refractivity contribution in [3.63, 3.8) is 0 Å². The minimum absolute atomic E-state index is 0.00189. The monoisotopic (exact) mass is 449 g/mol. The van der Waals surface area contributed by atoms with Gasteiger partial charge in [0.1, 0.15) is 13.2 Å². The minimum atomic E-state index is -0.473. The van der Waals surface area contributed by atoms with Gasteiger partial charge in [0.25, 0.3) is 5.91 Å². The van der Waals surface area contributed by atoms with Crippen LogP contribution in [0, 0.1) is 11.8 Å². The minimum Gasteiger partial charge on any atom is -0.486 e. The van der Waals surface area contributed by atoms with Crippen molar-refractivity contribution in [2.45, 2.75) is 32.1 Å². The van der Waals surface area contributed by atoms with Crippen molar-refractivity contribution >= 4 is 23.4 Å². The van der Waals surface area contributed by atoms with Gasteiger partial charge in [0.2, 0.25) is 11.8 Å². The Hall–Kier alpha value is -3.55. The predicted molar refractivity (Wildman–Crippen MR) is 121 cm³/mol. The molecule has 3 amide bonds. The third kappa shape index (κ3) is 4.25. The van der Waals surface area contributed by atoms with Crippen LogP contribution in [0.1, 0.15) is 41.6 Å². The molecule has 0 aromatic heterocycles. The quantitative estimate of drug-likeness (QED) is 0.703. The van der Waals surface area contributed by atoms with Crippen LogP contribution in [-0.4, -0.2) is 37.5 Å². The molecule has 2 aromatic rings. The maximum atomic E-state index is 13.4. The van der Waals surface area contributed by atoms with E-state index in [4.69, 9.17) is 9.47 Å². The number of para-hydroxylation sites is 1. The van der Waals surface area contributed by atoms with E-state index < -0.39 is 17.7 Å². The third-order valence-electron chi connectivity index (χ3n) is 6.68. The van der Waals surface area contributed by atoms with E-state index in [1.165, 1.54) is 0 Å². The Morgan fingerprint density at radius 2 is 1.64 bits per heavy atom. The number of amides is 3. The molecule has 2 aromatic carbocycles. The Morgan fingerprint density at radius 1 is 0.879 bits per heavy atom. The molecule has 3 aliphatic rings. The third-order valence-corrected chi connectivity index (χ3v) is 6.68. The number of nitrogens with one attached hydrogen (secondary N) is 2. The largest absolute Gasteiger partial charge is 0.486 e. The Labute approximate surface area is 192 Å². The van der Waals surface area contributed by atoms with Crippen molar-refractivity contribution in [3.05, 3.63) is 53.6 Å². The summed E-state index contributed by atoms with van der Waals surface area (Å²) >= 11 is 0. The van der Waals surface area contributed by atoms with E-state index in [2.05, 4.69) is 10.9 Å². The van der Waals surface area contributed by atoms with Crippen molar-refractivity contribution in [1.82, 2.24) is 10.9 Å². The average Bonchev–Trinajstić information content (AvgIpc) is 3.30. The van der Waals surface area contributed by atoms with Crippen molar-refractivity contribution in [2.75, 3.05) is 24.7 Å². The highest BCUT2D eigenvalue weighted by Crippen LogP contribution is 2.36. The van der Waals surface area contributed by atoms with Gasteiger partial charge in [0, 0.05) is 17.8 Å². The van der Waals surface area contributed by atoms with Crippen molar-refractivity contribution in [3.8, 4) is 11.5 Å². The molecule has 1 aliphatic carbocycles. The normalized spacial score (nSPS) is 21.2. The molecule has 2 atom stereocenters. The fraction of sp³-hybridized carbons (Fsp3) is 0.400. The Kier molecular flexibility index (Phi) is 5.90. The van der Waals surface area contributed by atoms with Gasteiger partial charge in [-0.25, -0.2) is 0 Å². The fourth-order valence-corrected chi connectivity index (χ4v) is 4.98. The zero-order chi connectivity index (χ0) is 22.8. The van der Waals surface area contributed by atoms with Gasteiger partial charge in [-0.05, 0) is 49.1 Å². The number of ether oxygens (including phenoxy) is 2. The number of carbonyl (C=O) groups is 3. The van der Waals surface area contributed by atoms with Gasteiger partial charge in [0.05, 0.1) is 11.8 Å². The van der Waals surface area contributed by atoms with Crippen molar-refractivity contribution in [2.24, 2.45) is 11.8 Å². The number of hydrazine groups is 1. The van der Waals surface area contributed by atoms with E-state index in [1.54, 1.807) is 18.2 Å². The summed E-state index contributed by atoms with van der Waals surface area (Å²) in [5, 5.41) is 0. The zero-order valence-electron chi connectivity index (χ0n) is 18.3. The molecule has 0 bridgehead atoms. The molecule has 8 heteroatoms. The first kappa shape index (κ1) is 21.3. The van der Waals surface area contributed by atoms with Gasteiger partial charge in [-0.1, -0.05) is 31.0 Å². The second-order valence-corrected chi connectivity index (χ2v) is 8.67. The van der Waals surface area contributed by atoms with Crippen LogP contribution in [0.4, 0.5) is 5.69 Å². The fourth-order valence-electron chi connectivity index (χ4n) is 4.98. The number of rotatable bonds is 3. The number of carbonyl (C=O) groups excluding carboxylic acids is 3. The summed E-state index contributed by atoms with van der Waals surface area (Å²) in [5.41, 5.74) is 7.49. The van der Waals surface area contributed by atoms with Crippen LogP contribution >= 0.6 is 0 Å². The molecular weight excluding hydrogens is 422 g/mol. The van der Waals surface area contributed by atoms with Gasteiger partial charge in [-0.3, -0.25) is 25.2 Å². The molecule has 172 valence electrons. The van der Waals surface area contributed by atoms with Crippen LogP contribution in [0.25, 0.3) is 0 Å². The summed E-state index contributed by atoms with van der Waals surface area (Å²) in [4.78, 5) is 40.8. The van der Waals surface area contributed by atoms with Crippen molar-refractivity contribution in [1.29, 1.82) is 0 Å². The summed E-state index contributed by atoms with van der Waals surface area (Å²) in [6, 6.07) is 12.8. The van der Waals surface area contributed by atoms with Gasteiger partial charge in [0.15, 0.2) is 11.5 Å². The molecule has 2 aliphatic heterocycles. The smallest absolute Gasteiger partial charge is 0.269 e. The number of hydrogen-bond donors (Lipinski definition) is 2. The summed E-state index contributed by atoms with van der Waals surface area (Å²) in [6.45, 7) is 1.54. The van der Waals surface area contributed by atoms with Crippen LogP contribution in [0.3, 0.4) is 0 Å². The predicted octanol–water partition coefficient (Wildman–Crippen LogP) is 2.61. The molecular formula is C25H27N3O5. The topological polar surface area (TPSA) is 97.0 Å². The molecule has 1 saturated carbocycles. The van der Waals surface area contributed by atoms with Crippen molar-refractivity contribution < 1.29 is 23.9 Å². The average molecular weight is 450 g/mol. The molecule has 0 spiro atoms. The lowest BCUT2D eigenvalue weighted by Gasteiger charge is -2.32. The standard InChI is InChI=1S/C25H27N3O5/c29-23(17-9-10-21-22(15-17)33-14-13-32-21)26-27-24(30)18-6-2-3-7-19(18)25(31)28-12-11-16-5-1-4-8-20(16)28/h1,4-5,8-10,15,18-19H,2-3,6-7,11-14H2,(H,26,29)(H,27,30). The van der Waals surface area contributed by atoms with Crippen LogP contribution in [0.2, 0.25) is 0 Å². The van der Waals surface area contributed by atoms with Gasteiger partial charge >= 0.3 is 0 Å². The van der Waals surface area contributed by atoms with E-state index in [9.17, 15) is 14.4 Å². The summed E-state index contributed by atoms with van der Waals surface area (Å²) in [7, 11) is 0. The van der Waals surface area contributed by atoms with E-state index in [-0.39, 0.29) is 11.8 Å². The number of anilines is 1. The molecule has 5 rings (SSSR count). The first-order valence-corrected chi connectivity index (χ1v) is 11.5. The van der Waals surface area contributed by atoms with Gasteiger partial charge in [-0.2, -0.15) is 0 Å². The Bertz CT molecular complexity index is 1090. The molecule has 2 N–H and O–H groups in total. The second-order valence-electron chi connectivity index (χ2n) is 8.67. The highest BCUT2D eigenvalue weighted by atomic mass is 16.6. The maximum Gasteiger partial charge on any atom is 0.269 e. The summed E-state index contributed by atoms with van der Waals surface area (Å²) in [5.74, 6) is -0.550. The Morgan fingerprint density at radius 3 is 2.48 bits per heavy atom. The Balaban J connectivity index is 1.24. The van der Waals surface area contributed by atoms with E-state index in [0.29, 0.717) is 49.7 Å². The molecule has 0 radical (unpaired) electrons. The number of nitrogens with zero attached hydrogens (tertiary/aromatic N) is 1. The second kappa shape index (κ2) is 9.13.